The molecule has 0 unspecified atom stereocenters. The molecule has 0 spiro atoms. The molecule has 0 radical (unpaired) electrons. The minimum absolute atomic E-state index is 0.0549. The number of nitrogen functional groups attached to an aromatic ring is 1. The zero-order valence-corrected chi connectivity index (χ0v) is 9.12. The quantitative estimate of drug-likeness (QED) is 0.690. The van der Waals surface area contributed by atoms with Crippen molar-refractivity contribution in [2.24, 2.45) is 0 Å². The van der Waals surface area contributed by atoms with Crippen LogP contribution in [0, 0.1) is 0 Å². The molecule has 0 aliphatic rings. The summed E-state index contributed by atoms with van der Waals surface area (Å²) >= 11 is 5.80. The molecule has 0 bridgehead atoms. The van der Waals surface area contributed by atoms with Crippen LogP contribution in [0.4, 0.5) is 5.69 Å². The number of carbonyl (C=O) groups is 2. The fourth-order valence-electron chi connectivity index (χ4n) is 1.10. The third-order valence-corrected chi connectivity index (χ3v) is 2.19. The van der Waals surface area contributed by atoms with Crippen molar-refractivity contribution in [2.75, 3.05) is 12.3 Å². The highest BCUT2D eigenvalue weighted by atomic mass is 35.5. The van der Waals surface area contributed by atoms with Gasteiger partial charge in [-0.1, -0.05) is 11.6 Å². The highest BCUT2D eigenvalue weighted by Crippen LogP contribution is 2.18. The van der Waals surface area contributed by atoms with Crippen LogP contribution in [0.5, 0.6) is 0 Å². The number of hydrogen-bond donors (Lipinski definition) is 3. The summed E-state index contributed by atoms with van der Waals surface area (Å²) < 4.78 is 0. The molecule has 16 heavy (non-hydrogen) atoms. The van der Waals surface area contributed by atoms with E-state index in [0.717, 1.165) is 0 Å². The van der Waals surface area contributed by atoms with Crippen molar-refractivity contribution in [1.82, 2.24) is 5.32 Å². The topological polar surface area (TPSA) is 92.4 Å². The van der Waals surface area contributed by atoms with E-state index in [1.165, 1.54) is 12.1 Å². The Bertz CT molecular complexity index is 421. The van der Waals surface area contributed by atoms with Gasteiger partial charge in [0.25, 0.3) is 5.91 Å². The lowest BCUT2D eigenvalue weighted by Gasteiger charge is -2.06. The van der Waals surface area contributed by atoms with Crippen LogP contribution in [-0.4, -0.2) is 23.5 Å². The van der Waals surface area contributed by atoms with Crippen molar-refractivity contribution in [3.05, 3.63) is 28.8 Å². The maximum absolute atomic E-state index is 11.6. The van der Waals surface area contributed by atoms with E-state index in [9.17, 15) is 9.59 Å². The van der Waals surface area contributed by atoms with E-state index >= 15 is 0 Å². The third kappa shape index (κ3) is 3.43. The van der Waals surface area contributed by atoms with Crippen LogP contribution in [0.3, 0.4) is 0 Å². The molecule has 0 saturated carbocycles. The Morgan fingerprint density at radius 1 is 1.44 bits per heavy atom. The zero-order chi connectivity index (χ0) is 12.1. The Labute approximate surface area is 97.2 Å². The number of nitrogens with one attached hydrogen (secondary N) is 1. The highest BCUT2D eigenvalue weighted by Gasteiger charge is 2.10. The third-order valence-electron chi connectivity index (χ3n) is 1.86. The smallest absolute Gasteiger partial charge is 0.305 e. The SMILES string of the molecule is Nc1ccc(Cl)c(C(=O)NCCC(=O)O)c1. The molecule has 0 aliphatic heterocycles. The maximum Gasteiger partial charge on any atom is 0.305 e. The van der Waals surface area contributed by atoms with Crippen LogP contribution in [0.2, 0.25) is 5.02 Å². The van der Waals surface area contributed by atoms with Gasteiger partial charge in [0.15, 0.2) is 0 Å². The van der Waals surface area contributed by atoms with E-state index < -0.39 is 11.9 Å². The van der Waals surface area contributed by atoms with Crippen molar-refractivity contribution >= 4 is 29.2 Å². The normalized spacial score (nSPS) is 9.81. The first-order valence-corrected chi connectivity index (χ1v) is 4.93. The van der Waals surface area contributed by atoms with Crippen molar-refractivity contribution in [1.29, 1.82) is 0 Å². The van der Waals surface area contributed by atoms with Crippen LogP contribution in [0.15, 0.2) is 18.2 Å². The second-order valence-electron chi connectivity index (χ2n) is 3.14. The Kier molecular flexibility index (Phi) is 4.13. The number of hydrogen-bond acceptors (Lipinski definition) is 3. The molecule has 0 fully saturated rings. The second-order valence-corrected chi connectivity index (χ2v) is 3.55. The summed E-state index contributed by atoms with van der Waals surface area (Å²) in [6.07, 6.45) is -0.133. The summed E-state index contributed by atoms with van der Waals surface area (Å²) in [6, 6.07) is 4.54. The highest BCUT2D eigenvalue weighted by molar-refractivity contribution is 6.34. The summed E-state index contributed by atoms with van der Waals surface area (Å²) in [6.45, 7) is 0.0549. The molecule has 0 heterocycles. The average Bonchev–Trinajstić information content (AvgIpc) is 2.21. The van der Waals surface area contributed by atoms with Crippen molar-refractivity contribution in [3.63, 3.8) is 0 Å². The molecule has 1 rings (SSSR count). The lowest BCUT2D eigenvalue weighted by atomic mass is 10.2. The molecule has 1 amide bonds. The molecule has 0 saturated heterocycles. The lowest BCUT2D eigenvalue weighted by molar-refractivity contribution is -0.136. The number of aliphatic carboxylic acids is 1. The van der Waals surface area contributed by atoms with Crippen LogP contribution >= 0.6 is 11.6 Å². The molecule has 0 atom stereocenters. The van der Waals surface area contributed by atoms with Gasteiger partial charge in [0.05, 0.1) is 17.0 Å². The molecular weight excluding hydrogens is 232 g/mol. The minimum Gasteiger partial charge on any atom is -0.481 e. The number of amides is 1. The van der Waals surface area contributed by atoms with E-state index in [2.05, 4.69) is 5.32 Å². The summed E-state index contributed by atoms with van der Waals surface area (Å²) in [5.74, 6) is -1.41. The van der Waals surface area contributed by atoms with E-state index in [4.69, 9.17) is 22.4 Å². The fourth-order valence-corrected chi connectivity index (χ4v) is 1.30. The van der Waals surface area contributed by atoms with Crippen molar-refractivity contribution in [3.8, 4) is 0 Å². The average molecular weight is 243 g/mol. The van der Waals surface area contributed by atoms with Gasteiger partial charge >= 0.3 is 5.97 Å². The summed E-state index contributed by atoms with van der Waals surface area (Å²) in [4.78, 5) is 21.8. The van der Waals surface area contributed by atoms with Gasteiger partial charge in [0, 0.05) is 12.2 Å². The second kappa shape index (κ2) is 5.37. The number of anilines is 1. The first kappa shape index (κ1) is 12.3. The van der Waals surface area contributed by atoms with Gasteiger partial charge in [-0.3, -0.25) is 9.59 Å². The Morgan fingerprint density at radius 3 is 2.75 bits per heavy atom. The fraction of sp³-hybridized carbons (Fsp3) is 0.200. The van der Waals surface area contributed by atoms with Gasteiger partial charge in [-0.05, 0) is 18.2 Å². The molecule has 6 heteroatoms. The van der Waals surface area contributed by atoms with Gasteiger partial charge in [-0.25, -0.2) is 0 Å². The Balaban J connectivity index is 2.65. The van der Waals surface area contributed by atoms with Gasteiger partial charge in [-0.2, -0.15) is 0 Å². The monoisotopic (exact) mass is 242 g/mol. The standard InChI is InChI=1S/C10H11ClN2O3/c11-8-2-1-6(12)5-7(8)10(16)13-4-3-9(14)15/h1-2,5H,3-4,12H2,(H,13,16)(H,14,15). The first-order chi connectivity index (χ1) is 7.50. The number of rotatable bonds is 4. The van der Waals surface area contributed by atoms with Gasteiger partial charge < -0.3 is 16.2 Å². The molecule has 5 nitrogen and oxygen atoms in total. The Hall–Kier alpha value is -1.75. The molecule has 1 aromatic rings. The first-order valence-electron chi connectivity index (χ1n) is 4.55. The predicted octanol–water partition coefficient (Wildman–Crippen LogP) is 1.13. The number of carboxylic acids is 1. The van der Waals surface area contributed by atoms with E-state index in [-0.39, 0.29) is 23.6 Å². The number of carboxylic acid groups (broad SMARTS) is 1. The van der Waals surface area contributed by atoms with E-state index in [1.807, 2.05) is 0 Å². The molecule has 0 aromatic heterocycles. The summed E-state index contributed by atoms with van der Waals surface area (Å²) in [7, 11) is 0. The number of halogens is 1. The minimum atomic E-state index is -0.973. The van der Waals surface area contributed by atoms with Crippen LogP contribution in [0.25, 0.3) is 0 Å². The zero-order valence-electron chi connectivity index (χ0n) is 8.37. The molecule has 1 aromatic carbocycles. The number of carbonyl (C=O) groups excluding carboxylic acids is 1. The number of benzene rings is 1. The number of nitrogens with two attached hydrogens (primary N) is 1. The molecule has 4 N–H and O–H groups in total. The van der Waals surface area contributed by atoms with Crippen molar-refractivity contribution < 1.29 is 14.7 Å². The molecule has 86 valence electrons. The van der Waals surface area contributed by atoms with Gasteiger partial charge in [-0.15, -0.1) is 0 Å². The largest absolute Gasteiger partial charge is 0.481 e. The lowest BCUT2D eigenvalue weighted by Crippen LogP contribution is -2.26. The summed E-state index contributed by atoms with van der Waals surface area (Å²) in [5.41, 5.74) is 6.18. The van der Waals surface area contributed by atoms with Gasteiger partial charge in [0.1, 0.15) is 0 Å². The van der Waals surface area contributed by atoms with Crippen LogP contribution in [0.1, 0.15) is 16.8 Å². The summed E-state index contributed by atoms with van der Waals surface area (Å²) in [5, 5.41) is 11.1. The van der Waals surface area contributed by atoms with Crippen molar-refractivity contribution in [2.45, 2.75) is 6.42 Å². The molecule has 0 aliphatic carbocycles. The van der Waals surface area contributed by atoms with Crippen LogP contribution in [-0.2, 0) is 4.79 Å². The van der Waals surface area contributed by atoms with Crippen LogP contribution < -0.4 is 11.1 Å². The van der Waals surface area contributed by atoms with E-state index in [1.54, 1.807) is 6.07 Å². The molecular formula is C10H11ClN2O3. The maximum atomic E-state index is 11.6. The predicted molar refractivity (Wildman–Crippen MR) is 60.5 cm³/mol. The van der Waals surface area contributed by atoms with Gasteiger partial charge in [0.2, 0.25) is 0 Å². The van der Waals surface area contributed by atoms with E-state index in [0.29, 0.717) is 5.69 Å². The Morgan fingerprint density at radius 2 is 2.12 bits per heavy atom.